The predicted octanol–water partition coefficient (Wildman–Crippen LogP) is 0.234. The topological polar surface area (TPSA) is 82.1 Å². The van der Waals surface area contributed by atoms with E-state index in [9.17, 15) is 4.79 Å². The van der Waals surface area contributed by atoms with E-state index in [-0.39, 0.29) is 12.5 Å². The molecule has 1 amide bonds. The highest BCUT2D eigenvalue weighted by atomic mass is 16.3. The van der Waals surface area contributed by atoms with Crippen LogP contribution in [-0.4, -0.2) is 44.7 Å². The number of hydrogen-bond acceptors (Lipinski definition) is 4. The lowest BCUT2D eigenvalue weighted by atomic mass is 10.2. The Morgan fingerprint density at radius 1 is 1.50 bits per heavy atom. The Bertz CT molecular complexity index is 337. The number of amides is 1. The Kier molecular flexibility index (Phi) is 4.91. The van der Waals surface area contributed by atoms with Gasteiger partial charge in [-0.05, 0) is 19.8 Å². The Balaban J connectivity index is 2.34. The van der Waals surface area contributed by atoms with E-state index < -0.39 is 0 Å². The second-order valence-electron chi connectivity index (χ2n) is 3.77. The molecule has 1 heterocycles. The molecular formula is C10H18N4O2. The van der Waals surface area contributed by atoms with Crippen LogP contribution < -0.4 is 0 Å². The number of aromatic nitrogens is 3. The van der Waals surface area contributed by atoms with Crippen molar-refractivity contribution in [3.05, 3.63) is 11.6 Å². The van der Waals surface area contributed by atoms with Gasteiger partial charge in [0.05, 0.1) is 6.54 Å². The Morgan fingerprint density at radius 2 is 2.25 bits per heavy atom. The molecule has 1 aromatic heterocycles. The average molecular weight is 226 g/mol. The first-order chi connectivity index (χ1) is 7.63. The largest absolute Gasteiger partial charge is 0.396 e. The third kappa shape index (κ3) is 3.98. The van der Waals surface area contributed by atoms with Gasteiger partial charge in [0, 0.05) is 20.1 Å². The van der Waals surface area contributed by atoms with Crippen LogP contribution >= 0.6 is 0 Å². The van der Waals surface area contributed by atoms with Crippen LogP contribution in [0.3, 0.4) is 0 Å². The molecule has 6 heteroatoms. The monoisotopic (exact) mass is 226 g/mol. The molecule has 0 aromatic carbocycles. The number of aryl methyl sites for hydroxylation is 1. The van der Waals surface area contributed by atoms with Crippen molar-refractivity contribution in [3.8, 4) is 0 Å². The molecule has 0 spiro atoms. The lowest BCUT2D eigenvalue weighted by Crippen LogP contribution is -2.26. The van der Waals surface area contributed by atoms with E-state index >= 15 is 0 Å². The summed E-state index contributed by atoms with van der Waals surface area (Å²) in [6.07, 6.45) is 1.84. The highest BCUT2D eigenvalue weighted by Crippen LogP contribution is 2.02. The summed E-state index contributed by atoms with van der Waals surface area (Å²) >= 11 is 0. The van der Waals surface area contributed by atoms with Crippen molar-refractivity contribution in [2.45, 2.75) is 32.7 Å². The molecule has 0 aliphatic heterocycles. The minimum atomic E-state index is 0.0518. The number of rotatable bonds is 6. The van der Waals surface area contributed by atoms with Crippen molar-refractivity contribution in [2.24, 2.45) is 0 Å². The van der Waals surface area contributed by atoms with Gasteiger partial charge in [0.15, 0.2) is 5.82 Å². The number of H-pyrrole nitrogens is 1. The zero-order chi connectivity index (χ0) is 12.0. The molecule has 1 rings (SSSR count). The summed E-state index contributed by atoms with van der Waals surface area (Å²) < 4.78 is 0. The first-order valence-corrected chi connectivity index (χ1v) is 5.36. The molecule has 16 heavy (non-hydrogen) atoms. The Labute approximate surface area is 94.7 Å². The quantitative estimate of drug-likeness (QED) is 0.680. The van der Waals surface area contributed by atoms with Crippen molar-refractivity contribution in [1.82, 2.24) is 20.1 Å². The molecule has 2 N–H and O–H groups in total. The van der Waals surface area contributed by atoms with Crippen LogP contribution in [-0.2, 0) is 11.3 Å². The van der Waals surface area contributed by atoms with Crippen molar-refractivity contribution < 1.29 is 9.90 Å². The first kappa shape index (κ1) is 12.6. The maximum absolute atomic E-state index is 11.6. The predicted molar refractivity (Wildman–Crippen MR) is 58.5 cm³/mol. The van der Waals surface area contributed by atoms with E-state index in [1.807, 2.05) is 6.92 Å². The molecule has 1 aromatic rings. The van der Waals surface area contributed by atoms with Crippen LogP contribution in [0.25, 0.3) is 0 Å². The first-order valence-electron chi connectivity index (χ1n) is 5.36. The summed E-state index contributed by atoms with van der Waals surface area (Å²) in [6.45, 7) is 2.37. The van der Waals surface area contributed by atoms with Crippen LogP contribution in [0.2, 0.25) is 0 Å². The number of hydrogen-bond donors (Lipinski definition) is 2. The number of unbranched alkanes of at least 4 members (excludes halogenated alkanes) is 1. The molecule has 0 aliphatic carbocycles. The van der Waals surface area contributed by atoms with Crippen LogP contribution in [0.5, 0.6) is 0 Å². The molecule has 0 saturated heterocycles. The van der Waals surface area contributed by atoms with E-state index in [0.717, 1.165) is 5.82 Å². The minimum absolute atomic E-state index is 0.0518. The summed E-state index contributed by atoms with van der Waals surface area (Å²) in [6, 6.07) is 0. The van der Waals surface area contributed by atoms with E-state index in [2.05, 4.69) is 15.2 Å². The maximum atomic E-state index is 11.6. The molecule has 0 radical (unpaired) electrons. The molecule has 90 valence electrons. The van der Waals surface area contributed by atoms with Crippen LogP contribution in [0.1, 0.15) is 30.9 Å². The molecular weight excluding hydrogens is 208 g/mol. The summed E-state index contributed by atoms with van der Waals surface area (Å²) in [7, 11) is 1.73. The normalized spacial score (nSPS) is 10.4. The third-order valence-corrected chi connectivity index (χ3v) is 2.25. The number of nitrogens with zero attached hydrogens (tertiary/aromatic N) is 3. The van der Waals surface area contributed by atoms with E-state index in [0.29, 0.717) is 31.6 Å². The number of aliphatic hydroxyl groups excluding tert-OH is 1. The molecule has 0 atom stereocenters. The smallest absolute Gasteiger partial charge is 0.222 e. The van der Waals surface area contributed by atoms with Crippen molar-refractivity contribution in [2.75, 3.05) is 13.7 Å². The highest BCUT2D eigenvalue weighted by molar-refractivity contribution is 5.75. The van der Waals surface area contributed by atoms with Crippen LogP contribution in [0.4, 0.5) is 0 Å². The highest BCUT2D eigenvalue weighted by Gasteiger charge is 2.10. The number of carbonyl (C=O) groups is 1. The lowest BCUT2D eigenvalue weighted by Gasteiger charge is -2.14. The number of aliphatic hydroxyl groups is 1. The zero-order valence-electron chi connectivity index (χ0n) is 9.73. The minimum Gasteiger partial charge on any atom is -0.396 e. The van der Waals surface area contributed by atoms with Crippen LogP contribution in [0.15, 0.2) is 0 Å². The van der Waals surface area contributed by atoms with Crippen molar-refractivity contribution in [1.29, 1.82) is 0 Å². The average Bonchev–Trinajstić information content (AvgIpc) is 2.64. The van der Waals surface area contributed by atoms with Gasteiger partial charge in [0.25, 0.3) is 0 Å². The fourth-order valence-corrected chi connectivity index (χ4v) is 1.34. The van der Waals surface area contributed by atoms with Crippen molar-refractivity contribution >= 4 is 5.91 Å². The molecule has 0 unspecified atom stereocenters. The molecule has 6 nitrogen and oxygen atoms in total. The zero-order valence-corrected chi connectivity index (χ0v) is 9.73. The fraction of sp³-hybridized carbons (Fsp3) is 0.700. The second kappa shape index (κ2) is 6.22. The van der Waals surface area contributed by atoms with Crippen LogP contribution in [0, 0.1) is 6.92 Å². The SMILES string of the molecule is Cc1nc(CN(C)C(=O)CCCCO)n[nH]1. The lowest BCUT2D eigenvalue weighted by molar-refractivity contribution is -0.130. The number of carbonyl (C=O) groups excluding carboxylic acids is 1. The number of nitrogens with one attached hydrogen (secondary N) is 1. The van der Waals surface area contributed by atoms with E-state index in [1.54, 1.807) is 11.9 Å². The second-order valence-corrected chi connectivity index (χ2v) is 3.77. The molecule has 0 bridgehead atoms. The van der Waals surface area contributed by atoms with Gasteiger partial charge in [-0.1, -0.05) is 0 Å². The van der Waals surface area contributed by atoms with Gasteiger partial charge in [-0.2, -0.15) is 5.10 Å². The van der Waals surface area contributed by atoms with Crippen molar-refractivity contribution in [3.63, 3.8) is 0 Å². The van der Waals surface area contributed by atoms with Gasteiger partial charge in [-0.25, -0.2) is 4.98 Å². The van der Waals surface area contributed by atoms with E-state index in [1.165, 1.54) is 0 Å². The summed E-state index contributed by atoms with van der Waals surface area (Å²) in [5.74, 6) is 1.42. The third-order valence-electron chi connectivity index (χ3n) is 2.25. The van der Waals surface area contributed by atoms with E-state index in [4.69, 9.17) is 5.11 Å². The van der Waals surface area contributed by atoms with Gasteiger partial charge in [-0.15, -0.1) is 0 Å². The summed E-state index contributed by atoms with van der Waals surface area (Å²) in [4.78, 5) is 17.3. The summed E-state index contributed by atoms with van der Waals surface area (Å²) in [5.41, 5.74) is 0. The molecule has 0 saturated carbocycles. The standard InChI is InChI=1S/C10H18N4O2/c1-8-11-9(13-12-8)7-14(2)10(16)5-3-4-6-15/h15H,3-7H2,1-2H3,(H,11,12,13). The van der Waals surface area contributed by atoms with Gasteiger partial charge >= 0.3 is 0 Å². The number of aromatic amines is 1. The Morgan fingerprint density at radius 3 is 2.81 bits per heavy atom. The molecule has 0 fully saturated rings. The van der Waals surface area contributed by atoms with Gasteiger partial charge in [0.1, 0.15) is 5.82 Å². The Hall–Kier alpha value is -1.43. The summed E-state index contributed by atoms with van der Waals surface area (Å²) in [5, 5.41) is 15.3. The van der Waals surface area contributed by atoms with Gasteiger partial charge in [0.2, 0.25) is 5.91 Å². The maximum Gasteiger partial charge on any atom is 0.222 e. The fourth-order valence-electron chi connectivity index (χ4n) is 1.34. The molecule has 0 aliphatic rings. The van der Waals surface area contributed by atoms with Gasteiger partial charge < -0.3 is 10.0 Å². The van der Waals surface area contributed by atoms with Gasteiger partial charge in [-0.3, -0.25) is 9.89 Å².